The van der Waals surface area contributed by atoms with Crippen LogP contribution in [-0.2, 0) is 4.79 Å². The van der Waals surface area contributed by atoms with Gasteiger partial charge in [0.05, 0.1) is 16.5 Å². The van der Waals surface area contributed by atoms with Crippen LogP contribution in [0.4, 0.5) is 10.1 Å². The van der Waals surface area contributed by atoms with Crippen LogP contribution in [0.5, 0.6) is 5.75 Å². The van der Waals surface area contributed by atoms with E-state index in [0.717, 1.165) is 4.90 Å². The van der Waals surface area contributed by atoms with Crippen LogP contribution >= 0.6 is 11.6 Å². The first-order valence-electron chi connectivity index (χ1n) is 8.16. The number of carbonyl (C=O) groups is 1. The molecular weight excluding hydrogens is 417 g/mol. The number of aromatic hydroxyl groups is 1. The van der Waals surface area contributed by atoms with Crippen LogP contribution in [0.3, 0.4) is 0 Å². The Morgan fingerprint density at radius 2 is 2.03 bits per heavy atom. The van der Waals surface area contributed by atoms with Crippen molar-refractivity contribution in [2.75, 3.05) is 13.6 Å². The number of nitriles is 1. The molecule has 0 saturated heterocycles. The molecule has 152 valence electrons. The zero-order chi connectivity index (χ0) is 22.4. The molecule has 0 aliphatic carbocycles. The molecular formula is C20H13ClFN3O5. The van der Waals surface area contributed by atoms with Crippen LogP contribution in [0.1, 0.15) is 11.1 Å². The molecule has 2 rings (SSSR count). The molecule has 0 atom stereocenters. The first-order valence-corrected chi connectivity index (χ1v) is 8.54. The standard InChI is InChI=1S/C20H13ClFN3O5/c1-24(8-4-6-12-5-2-3-7-15(12)21)20(28)14(11-23)18(26)13-9-16(22)19(27)17(10-13)25(29)30/h2-3,5,7,9-10,26-27H,8H2,1H3/b18-14-. The highest BCUT2D eigenvalue weighted by atomic mass is 35.5. The summed E-state index contributed by atoms with van der Waals surface area (Å²) in [7, 11) is 1.31. The fraction of sp³-hybridized carbons (Fsp3) is 0.100. The minimum atomic E-state index is -1.39. The number of phenolic OH excluding ortho intramolecular Hbond substituents is 1. The molecule has 0 aliphatic rings. The van der Waals surface area contributed by atoms with Crippen molar-refractivity contribution in [1.29, 1.82) is 5.26 Å². The lowest BCUT2D eigenvalue weighted by Gasteiger charge is -2.14. The summed E-state index contributed by atoms with van der Waals surface area (Å²) in [6.07, 6.45) is 0. The van der Waals surface area contributed by atoms with Crippen molar-refractivity contribution in [3.05, 3.63) is 74.1 Å². The van der Waals surface area contributed by atoms with E-state index in [2.05, 4.69) is 11.8 Å². The minimum absolute atomic E-state index is 0.132. The summed E-state index contributed by atoms with van der Waals surface area (Å²) in [6.45, 7) is -0.132. The molecule has 0 aliphatic heterocycles. The van der Waals surface area contributed by atoms with Crippen molar-refractivity contribution in [1.82, 2.24) is 4.90 Å². The Hall–Kier alpha value is -4.08. The third-order valence-electron chi connectivity index (χ3n) is 3.84. The molecule has 1 amide bonds. The van der Waals surface area contributed by atoms with Crippen molar-refractivity contribution in [2.45, 2.75) is 0 Å². The van der Waals surface area contributed by atoms with Gasteiger partial charge < -0.3 is 15.1 Å². The number of phenols is 1. The normalized spacial score (nSPS) is 10.9. The second kappa shape index (κ2) is 9.41. The van der Waals surface area contributed by atoms with E-state index >= 15 is 0 Å². The first-order chi connectivity index (χ1) is 14.2. The summed E-state index contributed by atoms with van der Waals surface area (Å²) < 4.78 is 13.8. The molecule has 10 heteroatoms. The number of carbonyl (C=O) groups excluding carboxylic acids is 1. The smallest absolute Gasteiger partial charge is 0.314 e. The number of nitrogens with zero attached hydrogens (tertiary/aromatic N) is 3. The summed E-state index contributed by atoms with van der Waals surface area (Å²) in [4.78, 5) is 23.3. The minimum Gasteiger partial charge on any atom is -0.506 e. The van der Waals surface area contributed by atoms with Crippen LogP contribution < -0.4 is 0 Å². The topological polar surface area (TPSA) is 128 Å². The van der Waals surface area contributed by atoms with Gasteiger partial charge in [-0.05, 0) is 18.2 Å². The molecule has 0 saturated carbocycles. The Kier molecular flexibility index (Phi) is 6.97. The molecule has 8 nitrogen and oxygen atoms in total. The number of aliphatic hydroxyl groups is 1. The monoisotopic (exact) mass is 429 g/mol. The van der Waals surface area contributed by atoms with Crippen LogP contribution in [0, 0.1) is 39.1 Å². The number of aliphatic hydroxyl groups excluding tert-OH is 1. The van der Waals surface area contributed by atoms with E-state index in [1.807, 2.05) is 0 Å². The van der Waals surface area contributed by atoms with Gasteiger partial charge in [-0.3, -0.25) is 14.9 Å². The molecule has 0 heterocycles. The lowest BCUT2D eigenvalue weighted by atomic mass is 10.1. The number of nitro groups is 1. The van der Waals surface area contributed by atoms with Crippen molar-refractivity contribution in [3.63, 3.8) is 0 Å². The third-order valence-corrected chi connectivity index (χ3v) is 4.17. The number of nitro benzene ring substituents is 1. The zero-order valence-corrected chi connectivity index (χ0v) is 16.1. The number of amides is 1. The fourth-order valence-electron chi connectivity index (χ4n) is 2.29. The molecule has 0 radical (unpaired) electrons. The summed E-state index contributed by atoms with van der Waals surface area (Å²) in [6, 6.07) is 9.49. The van der Waals surface area contributed by atoms with E-state index < -0.39 is 45.0 Å². The molecule has 0 aromatic heterocycles. The summed E-state index contributed by atoms with van der Waals surface area (Å²) >= 11 is 5.98. The highest BCUT2D eigenvalue weighted by Crippen LogP contribution is 2.32. The van der Waals surface area contributed by atoms with E-state index in [1.54, 1.807) is 24.3 Å². The molecule has 0 spiro atoms. The van der Waals surface area contributed by atoms with Crippen LogP contribution in [0.15, 0.2) is 42.0 Å². The molecule has 0 bridgehead atoms. The number of likely N-dealkylation sites (N-methyl/N-ethyl adjacent to an activating group) is 1. The van der Waals surface area contributed by atoms with Crippen LogP contribution in [0.2, 0.25) is 5.02 Å². The van der Waals surface area contributed by atoms with Crippen LogP contribution in [0.25, 0.3) is 5.76 Å². The maximum atomic E-state index is 13.8. The largest absolute Gasteiger partial charge is 0.506 e. The quantitative estimate of drug-likeness (QED) is 0.191. The van der Waals surface area contributed by atoms with E-state index in [1.165, 1.54) is 13.1 Å². The molecule has 2 aromatic carbocycles. The van der Waals surface area contributed by atoms with Crippen molar-refractivity contribution < 1.29 is 24.3 Å². The number of rotatable bonds is 4. The van der Waals surface area contributed by atoms with E-state index in [9.17, 15) is 34.8 Å². The number of halogens is 2. The van der Waals surface area contributed by atoms with E-state index in [-0.39, 0.29) is 6.54 Å². The van der Waals surface area contributed by atoms with Crippen LogP contribution in [-0.4, -0.2) is 39.5 Å². The summed E-state index contributed by atoms with van der Waals surface area (Å²) in [5, 5.41) is 40.2. The average Bonchev–Trinajstić information content (AvgIpc) is 2.71. The Balaban J connectivity index is 2.33. The Labute approximate surface area is 175 Å². The summed E-state index contributed by atoms with van der Waals surface area (Å²) in [5.41, 5.74) is -1.79. The number of hydrogen-bond donors (Lipinski definition) is 2. The average molecular weight is 430 g/mol. The van der Waals surface area contributed by atoms with Crippen molar-refractivity contribution in [2.24, 2.45) is 0 Å². The van der Waals surface area contributed by atoms with E-state index in [0.29, 0.717) is 22.7 Å². The second-order valence-corrected chi connectivity index (χ2v) is 6.27. The molecule has 0 unspecified atom stereocenters. The summed E-state index contributed by atoms with van der Waals surface area (Å²) in [5.74, 6) is 0.913. The van der Waals surface area contributed by atoms with E-state index in [4.69, 9.17) is 11.6 Å². The molecule has 2 aromatic rings. The zero-order valence-electron chi connectivity index (χ0n) is 15.4. The third kappa shape index (κ3) is 4.85. The second-order valence-electron chi connectivity index (χ2n) is 5.86. The van der Waals surface area contributed by atoms with Gasteiger partial charge in [0.15, 0.2) is 11.4 Å². The molecule has 30 heavy (non-hydrogen) atoms. The Bertz CT molecular complexity index is 1160. The lowest BCUT2D eigenvalue weighted by molar-refractivity contribution is -0.386. The Morgan fingerprint density at radius 3 is 2.63 bits per heavy atom. The predicted molar refractivity (Wildman–Crippen MR) is 106 cm³/mol. The first kappa shape index (κ1) is 22.2. The van der Waals surface area contributed by atoms with Gasteiger partial charge in [0.25, 0.3) is 5.91 Å². The highest BCUT2D eigenvalue weighted by molar-refractivity contribution is 6.31. The van der Waals surface area contributed by atoms with Gasteiger partial charge in [-0.15, -0.1) is 0 Å². The maximum absolute atomic E-state index is 13.8. The number of benzene rings is 2. The van der Waals surface area contributed by atoms with Gasteiger partial charge in [-0.1, -0.05) is 35.6 Å². The van der Waals surface area contributed by atoms with Gasteiger partial charge in [0, 0.05) is 24.2 Å². The Morgan fingerprint density at radius 1 is 1.37 bits per heavy atom. The molecule has 2 N–H and O–H groups in total. The SMILES string of the molecule is CN(CC#Cc1ccccc1Cl)C(=O)/C(C#N)=C(\O)c1cc(F)c(O)c([N+](=O)[O-])c1. The lowest BCUT2D eigenvalue weighted by Crippen LogP contribution is -2.28. The highest BCUT2D eigenvalue weighted by Gasteiger charge is 2.25. The predicted octanol–water partition coefficient (Wildman–Crippen LogP) is 3.40. The van der Waals surface area contributed by atoms with Crippen molar-refractivity contribution in [3.8, 4) is 23.7 Å². The number of hydrogen-bond acceptors (Lipinski definition) is 6. The van der Waals surface area contributed by atoms with Gasteiger partial charge in [-0.25, -0.2) is 4.39 Å². The fourth-order valence-corrected chi connectivity index (χ4v) is 2.47. The maximum Gasteiger partial charge on any atom is 0.314 e. The molecule has 0 fully saturated rings. The van der Waals surface area contributed by atoms with Gasteiger partial charge >= 0.3 is 5.69 Å². The van der Waals surface area contributed by atoms with Gasteiger partial charge in [0.2, 0.25) is 5.75 Å². The van der Waals surface area contributed by atoms with Gasteiger partial charge in [0.1, 0.15) is 11.8 Å². The van der Waals surface area contributed by atoms with Crippen molar-refractivity contribution >= 4 is 29.0 Å². The van der Waals surface area contributed by atoms with Gasteiger partial charge in [-0.2, -0.15) is 5.26 Å².